The fraction of sp³-hybridized carbons (Fsp3) is 0.286. The second kappa shape index (κ2) is 8.67. The second-order valence-corrected chi connectivity index (χ2v) is 9.17. The van der Waals surface area contributed by atoms with Gasteiger partial charge in [0.25, 0.3) is 0 Å². The van der Waals surface area contributed by atoms with E-state index < -0.39 is 10.0 Å². The first-order valence-corrected chi connectivity index (χ1v) is 10.8. The van der Waals surface area contributed by atoms with Crippen LogP contribution < -0.4 is 5.73 Å². The van der Waals surface area contributed by atoms with Crippen LogP contribution in [-0.2, 0) is 16.6 Å². The number of halogens is 1. The Bertz CT molecular complexity index is 1110. The zero-order valence-corrected chi connectivity index (χ0v) is 17.9. The van der Waals surface area contributed by atoms with E-state index in [0.29, 0.717) is 31.7 Å². The Hall–Kier alpha value is -2.19. The van der Waals surface area contributed by atoms with Crippen LogP contribution in [0.3, 0.4) is 0 Å². The fourth-order valence-electron chi connectivity index (χ4n) is 3.67. The standard InChI is InChI=1S/C21H24N4O2S.ClH/c1-16-12-18-5-3-7-20(21(18)23-14-16)28(26,27)25-10-8-24(9-11-25)15-17-4-2-6-19(22)13-17;/h2-7,12-14H,8-11,15,22H2,1H3;1H. The van der Waals surface area contributed by atoms with Crippen LogP contribution in [0.1, 0.15) is 11.1 Å². The van der Waals surface area contributed by atoms with E-state index in [0.717, 1.165) is 28.7 Å². The molecule has 4 rings (SSSR count). The lowest BCUT2D eigenvalue weighted by atomic mass is 10.2. The number of hydrogen-bond donors (Lipinski definition) is 1. The van der Waals surface area contributed by atoms with Crippen molar-refractivity contribution < 1.29 is 8.42 Å². The summed E-state index contributed by atoms with van der Waals surface area (Å²) >= 11 is 0. The van der Waals surface area contributed by atoms with E-state index in [1.807, 2.05) is 43.3 Å². The number of piperazine rings is 1. The van der Waals surface area contributed by atoms with E-state index in [-0.39, 0.29) is 17.3 Å². The normalized spacial score (nSPS) is 15.9. The van der Waals surface area contributed by atoms with Crippen LogP contribution >= 0.6 is 12.4 Å². The Labute approximate surface area is 177 Å². The van der Waals surface area contributed by atoms with Crippen molar-refractivity contribution >= 4 is 39.0 Å². The van der Waals surface area contributed by atoms with Crippen LogP contribution in [0.4, 0.5) is 5.69 Å². The van der Waals surface area contributed by atoms with Crippen LogP contribution in [0.2, 0.25) is 0 Å². The zero-order chi connectivity index (χ0) is 19.7. The van der Waals surface area contributed by atoms with Crippen LogP contribution in [0.5, 0.6) is 0 Å². The summed E-state index contributed by atoms with van der Waals surface area (Å²) in [5.74, 6) is 0. The number of nitrogens with two attached hydrogens (primary N) is 1. The molecule has 1 aromatic heterocycles. The highest BCUT2D eigenvalue weighted by Crippen LogP contribution is 2.25. The number of aryl methyl sites for hydroxylation is 1. The van der Waals surface area contributed by atoms with Gasteiger partial charge in [-0.1, -0.05) is 24.3 Å². The molecule has 0 saturated carbocycles. The van der Waals surface area contributed by atoms with Crippen molar-refractivity contribution in [1.29, 1.82) is 0 Å². The van der Waals surface area contributed by atoms with Crippen LogP contribution in [0.15, 0.2) is 59.6 Å². The number of aromatic nitrogens is 1. The minimum Gasteiger partial charge on any atom is -0.399 e. The largest absolute Gasteiger partial charge is 0.399 e. The molecule has 0 aliphatic carbocycles. The summed E-state index contributed by atoms with van der Waals surface area (Å²) in [4.78, 5) is 6.93. The van der Waals surface area contributed by atoms with Gasteiger partial charge in [0.1, 0.15) is 4.90 Å². The molecule has 8 heteroatoms. The van der Waals surface area contributed by atoms with Gasteiger partial charge < -0.3 is 5.73 Å². The first kappa shape index (κ1) is 21.5. The molecule has 154 valence electrons. The average molecular weight is 433 g/mol. The third-order valence-corrected chi connectivity index (χ3v) is 7.05. The molecule has 1 fully saturated rings. The van der Waals surface area contributed by atoms with Crippen LogP contribution in [0.25, 0.3) is 10.9 Å². The molecular formula is C21H25ClN4O2S. The Kier molecular flexibility index (Phi) is 6.43. The van der Waals surface area contributed by atoms with Gasteiger partial charge >= 0.3 is 0 Å². The Morgan fingerprint density at radius 1 is 1.03 bits per heavy atom. The molecule has 0 spiro atoms. The van der Waals surface area contributed by atoms with Gasteiger partial charge in [-0.15, -0.1) is 12.4 Å². The maximum Gasteiger partial charge on any atom is 0.245 e. The molecule has 0 atom stereocenters. The predicted molar refractivity (Wildman–Crippen MR) is 119 cm³/mol. The number of nitrogens with zero attached hydrogens (tertiary/aromatic N) is 3. The number of anilines is 1. The molecule has 2 heterocycles. The molecule has 1 aliphatic rings. The van der Waals surface area contributed by atoms with Crippen molar-refractivity contribution in [3.63, 3.8) is 0 Å². The molecule has 2 aromatic carbocycles. The first-order valence-electron chi connectivity index (χ1n) is 9.36. The molecule has 1 saturated heterocycles. The fourth-order valence-corrected chi connectivity index (χ4v) is 5.26. The summed E-state index contributed by atoms with van der Waals surface area (Å²) in [6.07, 6.45) is 1.71. The number of fused-ring (bicyclic) bond motifs is 1. The zero-order valence-electron chi connectivity index (χ0n) is 16.3. The third kappa shape index (κ3) is 4.53. The summed E-state index contributed by atoms with van der Waals surface area (Å²) in [5, 5.41) is 0.848. The molecule has 0 unspecified atom stereocenters. The van der Waals surface area contributed by atoms with E-state index in [1.165, 1.54) is 0 Å². The third-order valence-electron chi connectivity index (χ3n) is 5.12. The van der Waals surface area contributed by atoms with Gasteiger partial charge in [-0.25, -0.2) is 8.42 Å². The van der Waals surface area contributed by atoms with Gasteiger partial charge in [0.05, 0.1) is 5.52 Å². The number of nitrogen functional groups attached to an aromatic ring is 1. The molecular weight excluding hydrogens is 408 g/mol. The van der Waals surface area contributed by atoms with Gasteiger partial charge in [-0.2, -0.15) is 4.31 Å². The molecule has 0 radical (unpaired) electrons. The van der Waals surface area contributed by atoms with Gasteiger partial charge in [-0.05, 0) is 42.3 Å². The summed E-state index contributed by atoms with van der Waals surface area (Å²) in [7, 11) is -3.58. The molecule has 1 aliphatic heterocycles. The topological polar surface area (TPSA) is 79.5 Å². The van der Waals surface area contributed by atoms with Crippen molar-refractivity contribution in [1.82, 2.24) is 14.2 Å². The van der Waals surface area contributed by atoms with Crippen molar-refractivity contribution in [3.8, 4) is 0 Å². The monoisotopic (exact) mass is 432 g/mol. The lowest BCUT2D eigenvalue weighted by Crippen LogP contribution is -2.48. The van der Waals surface area contributed by atoms with Crippen LogP contribution in [0, 0.1) is 6.92 Å². The Balaban J connectivity index is 0.00000240. The lowest BCUT2D eigenvalue weighted by Gasteiger charge is -2.34. The molecule has 29 heavy (non-hydrogen) atoms. The number of benzene rings is 2. The molecule has 6 nitrogen and oxygen atoms in total. The summed E-state index contributed by atoms with van der Waals surface area (Å²) in [6.45, 7) is 5.03. The van der Waals surface area contributed by atoms with Gasteiger partial charge in [0.15, 0.2) is 0 Å². The van der Waals surface area contributed by atoms with Crippen molar-refractivity contribution in [2.45, 2.75) is 18.4 Å². The second-order valence-electron chi connectivity index (χ2n) is 7.27. The van der Waals surface area contributed by atoms with Crippen molar-refractivity contribution in [2.24, 2.45) is 0 Å². The maximum atomic E-state index is 13.2. The smallest absolute Gasteiger partial charge is 0.245 e. The number of pyridine rings is 1. The van der Waals surface area contributed by atoms with E-state index in [9.17, 15) is 8.42 Å². The highest BCUT2D eigenvalue weighted by molar-refractivity contribution is 7.89. The predicted octanol–water partition coefficient (Wildman–Crippen LogP) is 3.05. The maximum absolute atomic E-state index is 13.2. The van der Waals surface area contributed by atoms with Gasteiger partial charge in [-0.3, -0.25) is 9.88 Å². The minimum atomic E-state index is -3.58. The van der Waals surface area contributed by atoms with E-state index in [4.69, 9.17) is 5.73 Å². The van der Waals surface area contributed by atoms with Crippen molar-refractivity contribution in [2.75, 3.05) is 31.9 Å². The molecule has 0 bridgehead atoms. The summed E-state index contributed by atoms with van der Waals surface area (Å²) in [6, 6.07) is 15.1. The Morgan fingerprint density at radius 2 is 1.76 bits per heavy atom. The van der Waals surface area contributed by atoms with Gasteiger partial charge in [0.2, 0.25) is 10.0 Å². The number of rotatable bonds is 4. The molecule has 0 amide bonds. The number of hydrogen-bond acceptors (Lipinski definition) is 5. The molecule has 2 N–H and O–H groups in total. The van der Waals surface area contributed by atoms with Crippen molar-refractivity contribution in [3.05, 3.63) is 65.9 Å². The van der Waals surface area contributed by atoms with Gasteiger partial charge in [0, 0.05) is 50.0 Å². The SMILES string of the molecule is Cc1cnc2c(S(=O)(=O)N3CCN(Cc4cccc(N)c4)CC3)cccc2c1.Cl. The van der Waals surface area contributed by atoms with E-state index in [1.54, 1.807) is 22.6 Å². The quantitative estimate of drug-likeness (QED) is 0.641. The number of para-hydroxylation sites is 1. The van der Waals surface area contributed by atoms with E-state index in [2.05, 4.69) is 9.88 Å². The first-order chi connectivity index (χ1) is 13.4. The van der Waals surface area contributed by atoms with E-state index >= 15 is 0 Å². The average Bonchev–Trinajstić information content (AvgIpc) is 2.68. The lowest BCUT2D eigenvalue weighted by molar-refractivity contribution is 0.181. The molecule has 3 aromatic rings. The Morgan fingerprint density at radius 3 is 2.48 bits per heavy atom. The highest BCUT2D eigenvalue weighted by atomic mass is 35.5. The highest BCUT2D eigenvalue weighted by Gasteiger charge is 2.30. The summed E-state index contributed by atoms with van der Waals surface area (Å²) < 4.78 is 28.1. The number of sulfonamides is 1. The summed E-state index contributed by atoms with van der Waals surface area (Å²) in [5.41, 5.74) is 9.29. The van der Waals surface area contributed by atoms with Crippen LogP contribution in [-0.4, -0.2) is 48.8 Å². The minimum absolute atomic E-state index is 0.